The van der Waals surface area contributed by atoms with Gasteiger partial charge in [0.05, 0.1) is 17.1 Å². The fourth-order valence-corrected chi connectivity index (χ4v) is 7.56. The van der Waals surface area contributed by atoms with Crippen molar-refractivity contribution < 1.29 is 23.2 Å². The summed E-state index contributed by atoms with van der Waals surface area (Å²) in [5.41, 5.74) is 4.16. The monoisotopic (exact) mass is 468 g/mol. The van der Waals surface area contributed by atoms with E-state index >= 15 is 0 Å². The maximum absolute atomic E-state index is 12.8. The van der Waals surface area contributed by atoms with Gasteiger partial charge in [-0.15, -0.1) is 0 Å². The summed E-state index contributed by atoms with van der Waals surface area (Å²) < 4.78 is 31.5. The smallest absolute Gasteiger partial charge is 0.456 e. The molecule has 4 rings (SSSR count). The molecular formula is C26H33BO5S. The molecule has 0 unspecified atom stereocenters. The van der Waals surface area contributed by atoms with Gasteiger partial charge in [0.15, 0.2) is 9.84 Å². The standard InChI is InChI=1S/C26H33BO5S/c1-4-7-18(14-19-11-12-23(28)21-9-6-5-8-20(19)21)10-13-24-26-22(17(2)3)16-33(30,31)25(26)15-27(29)32-24/h5-6,8-9,11-12,14,17,24-25,28-29H,4,7,10,13,15-16H2,1-3H3/b18-14+/t24-,25+/m1/s1. The van der Waals surface area contributed by atoms with Crippen LogP contribution >= 0.6 is 0 Å². The number of phenols is 1. The minimum atomic E-state index is -3.29. The predicted octanol–water partition coefficient (Wildman–Crippen LogP) is 5.14. The highest BCUT2D eigenvalue weighted by atomic mass is 32.2. The predicted molar refractivity (Wildman–Crippen MR) is 135 cm³/mol. The average Bonchev–Trinajstić information content (AvgIpc) is 3.05. The van der Waals surface area contributed by atoms with E-state index in [0.717, 1.165) is 46.7 Å². The summed E-state index contributed by atoms with van der Waals surface area (Å²) in [5, 5.41) is 21.7. The second kappa shape index (κ2) is 9.65. The van der Waals surface area contributed by atoms with Crippen LogP contribution in [0.2, 0.25) is 6.32 Å². The van der Waals surface area contributed by atoms with E-state index in [1.807, 2.05) is 44.2 Å². The molecule has 1 saturated heterocycles. The van der Waals surface area contributed by atoms with Gasteiger partial charge in [-0.2, -0.15) is 0 Å². The Kier molecular flexibility index (Phi) is 7.03. The molecule has 2 N–H and O–H groups in total. The van der Waals surface area contributed by atoms with Gasteiger partial charge < -0.3 is 14.8 Å². The first-order chi connectivity index (χ1) is 15.7. The van der Waals surface area contributed by atoms with Crippen LogP contribution in [0.4, 0.5) is 0 Å². The summed E-state index contributed by atoms with van der Waals surface area (Å²) in [6, 6.07) is 11.5. The van der Waals surface area contributed by atoms with Crippen LogP contribution in [0.1, 0.15) is 52.0 Å². The van der Waals surface area contributed by atoms with E-state index in [1.165, 1.54) is 5.57 Å². The largest absolute Gasteiger partial charge is 0.507 e. The average molecular weight is 468 g/mol. The molecule has 0 bridgehead atoms. The minimum Gasteiger partial charge on any atom is -0.507 e. The zero-order valence-electron chi connectivity index (χ0n) is 19.6. The Morgan fingerprint density at radius 2 is 1.91 bits per heavy atom. The molecule has 2 aromatic rings. The molecule has 2 aliphatic rings. The lowest BCUT2D eigenvalue weighted by atomic mass is 9.73. The summed E-state index contributed by atoms with van der Waals surface area (Å²) in [6.07, 6.45) is 5.23. The maximum Gasteiger partial charge on any atom is 0.456 e. The number of aromatic hydroxyl groups is 1. The van der Waals surface area contributed by atoms with Gasteiger partial charge in [-0.25, -0.2) is 8.42 Å². The lowest BCUT2D eigenvalue weighted by molar-refractivity contribution is 0.169. The van der Waals surface area contributed by atoms with E-state index in [0.29, 0.717) is 6.42 Å². The van der Waals surface area contributed by atoms with Crippen LogP contribution in [0.15, 0.2) is 53.1 Å². The van der Waals surface area contributed by atoms with Gasteiger partial charge >= 0.3 is 7.12 Å². The van der Waals surface area contributed by atoms with Crippen molar-refractivity contribution in [3.63, 3.8) is 0 Å². The Bertz CT molecular complexity index is 1200. The topological polar surface area (TPSA) is 83.8 Å². The second-order valence-electron chi connectivity index (χ2n) is 9.56. The molecule has 0 saturated carbocycles. The maximum atomic E-state index is 12.8. The third-order valence-corrected chi connectivity index (χ3v) is 8.91. The number of fused-ring (bicyclic) bond motifs is 2. The Hall–Kier alpha value is -2.09. The summed E-state index contributed by atoms with van der Waals surface area (Å²) in [4.78, 5) is 0. The number of hydrogen-bond donors (Lipinski definition) is 2. The molecule has 2 aliphatic heterocycles. The van der Waals surface area contributed by atoms with Crippen LogP contribution < -0.4 is 0 Å². The highest BCUT2D eigenvalue weighted by Crippen LogP contribution is 2.42. The molecule has 0 spiro atoms. The van der Waals surface area contributed by atoms with Crippen LogP contribution in [0, 0.1) is 5.92 Å². The molecule has 0 aliphatic carbocycles. The first-order valence-electron chi connectivity index (χ1n) is 11.9. The molecule has 0 aromatic heterocycles. The Labute approximate surface area is 197 Å². The number of rotatable bonds is 7. The van der Waals surface area contributed by atoms with E-state index in [-0.39, 0.29) is 29.8 Å². The number of benzene rings is 2. The molecule has 2 aromatic carbocycles. The van der Waals surface area contributed by atoms with Gasteiger partial charge in [0.2, 0.25) is 0 Å². The van der Waals surface area contributed by atoms with E-state index in [1.54, 1.807) is 6.07 Å². The summed E-state index contributed by atoms with van der Waals surface area (Å²) >= 11 is 0. The van der Waals surface area contributed by atoms with Crippen molar-refractivity contribution in [2.75, 3.05) is 5.75 Å². The number of phenolic OH excluding ortho intramolecular Hbond substituents is 1. The summed E-state index contributed by atoms with van der Waals surface area (Å²) in [7, 11) is -4.34. The quantitative estimate of drug-likeness (QED) is 0.434. The van der Waals surface area contributed by atoms with Crippen LogP contribution in [-0.2, 0) is 14.5 Å². The molecule has 1 fully saturated rings. The number of sulfone groups is 1. The Morgan fingerprint density at radius 3 is 2.61 bits per heavy atom. The number of hydrogen-bond acceptors (Lipinski definition) is 5. The van der Waals surface area contributed by atoms with Crippen LogP contribution in [0.3, 0.4) is 0 Å². The fraction of sp³-hybridized carbons (Fsp3) is 0.462. The first-order valence-corrected chi connectivity index (χ1v) is 13.6. The molecule has 0 radical (unpaired) electrons. The van der Waals surface area contributed by atoms with Crippen LogP contribution in [0.5, 0.6) is 5.75 Å². The van der Waals surface area contributed by atoms with Crippen molar-refractivity contribution in [2.24, 2.45) is 5.92 Å². The van der Waals surface area contributed by atoms with Crippen molar-refractivity contribution in [3.8, 4) is 5.75 Å². The molecule has 33 heavy (non-hydrogen) atoms. The molecule has 2 atom stereocenters. The van der Waals surface area contributed by atoms with E-state index in [9.17, 15) is 18.5 Å². The summed E-state index contributed by atoms with van der Waals surface area (Å²) in [6.45, 7) is 6.20. The number of allylic oxidation sites excluding steroid dienone is 1. The van der Waals surface area contributed by atoms with Crippen molar-refractivity contribution in [3.05, 3.63) is 58.7 Å². The molecule has 0 amide bonds. The molecule has 2 heterocycles. The van der Waals surface area contributed by atoms with Gasteiger partial charge in [0.1, 0.15) is 5.75 Å². The van der Waals surface area contributed by atoms with Gasteiger partial charge in [0, 0.05) is 11.7 Å². The van der Waals surface area contributed by atoms with Gasteiger partial charge in [-0.05, 0) is 53.3 Å². The van der Waals surface area contributed by atoms with Crippen molar-refractivity contribution >= 4 is 33.8 Å². The fourth-order valence-electron chi connectivity index (χ4n) is 5.27. The zero-order chi connectivity index (χ0) is 23.8. The van der Waals surface area contributed by atoms with E-state index in [2.05, 4.69) is 13.0 Å². The lowest BCUT2D eigenvalue weighted by Gasteiger charge is -2.32. The molecule has 7 heteroatoms. The van der Waals surface area contributed by atoms with Crippen molar-refractivity contribution in [2.45, 2.75) is 64.1 Å². The second-order valence-corrected chi connectivity index (χ2v) is 11.7. The van der Waals surface area contributed by atoms with E-state index < -0.39 is 22.2 Å². The van der Waals surface area contributed by atoms with Gasteiger partial charge in [-0.3, -0.25) is 0 Å². The lowest BCUT2D eigenvalue weighted by Crippen LogP contribution is -2.42. The zero-order valence-corrected chi connectivity index (χ0v) is 20.4. The van der Waals surface area contributed by atoms with Crippen LogP contribution in [0.25, 0.3) is 16.8 Å². The third kappa shape index (κ3) is 4.91. The molecule has 176 valence electrons. The SMILES string of the molecule is CCC/C(=C\c1ccc(O)c2ccccc12)CC[C@H]1OB(O)C[C@H]2C1=C(C(C)C)CS2(=O)=O. The molecule has 5 nitrogen and oxygen atoms in total. The van der Waals surface area contributed by atoms with Crippen LogP contribution in [-0.4, -0.2) is 42.8 Å². The molecular weight excluding hydrogens is 435 g/mol. The first kappa shape index (κ1) is 24.1. The normalized spacial score (nSPS) is 22.9. The summed E-state index contributed by atoms with van der Waals surface area (Å²) in [5.74, 6) is 0.482. The van der Waals surface area contributed by atoms with Gasteiger partial charge in [-0.1, -0.05) is 69.2 Å². The Balaban J connectivity index is 1.63. The van der Waals surface area contributed by atoms with Crippen molar-refractivity contribution in [1.82, 2.24) is 0 Å². The van der Waals surface area contributed by atoms with Gasteiger partial charge in [0.25, 0.3) is 0 Å². The highest BCUT2D eigenvalue weighted by molar-refractivity contribution is 7.92. The van der Waals surface area contributed by atoms with E-state index in [4.69, 9.17) is 4.65 Å². The van der Waals surface area contributed by atoms with Crippen molar-refractivity contribution in [1.29, 1.82) is 0 Å². The highest BCUT2D eigenvalue weighted by Gasteiger charge is 2.48. The third-order valence-electron chi connectivity index (χ3n) is 6.88. The minimum absolute atomic E-state index is 0.0778. The Morgan fingerprint density at radius 1 is 1.18 bits per heavy atom.